The molecule has 0 rings (SSSR count). The Kier molecular flexibility index (Phi) is 8.04. The maximum Gasteiger partial charge on any atom is 0.310 e. The Hall–Kier alpha value is -0.980. The predicted molar refractivity (Wildman–Crippen MR) is 51.4 cm³/mol. The van der Waals surface area contributed by atoms with Crippen molar-refractivity contribution >= 4 is 11.9 Å². The second-order valence-corrected chi connectivity index (χ2v) is 3.65. The van der Waals surface area contributed by atoms with Gasteiger partial charge < -0.3 is 20.1 Å². The van der Waals surface area contributed by atoms with Gasteiger partial charge >= 0.3 is 5.91 Å². The molecule has 0 radical (unpaired) electrons. The van der Waals surface area contributed by atoms with E-state index in [1.807, 2.05) is 0 Å². The number of aliphatic carboxylic acids is 1. The molecule has 90 valence electrons. The van der Waals surface area contributed by atoms with Crippen LogP contribution in [0, 0.1) is 0 Å². The highest BCUT2D eigenvalue weighted by molar-refractivity contribution is 5.68. The average Bonchev–Trinajstić information content (AvgIpc) is 2.04. The molecule has 6 nitrogen and oxygen atoms in total. The highest BCUT2D eigenvalue weighted by Crippen LogP contribution is 1.94. The number of rotatable bonds is 3. The summed E-state index contributed by atoms with van der Waals surface area (Å²) in [7, 11) is 3.55. The Morgan fingerprint density at radius 1 is 1.40 bits per heavy atom. The molecular weight excluding hydrogens is 202 g/mol. The standard InChI is InChI=1S/C6H14NO2.C3H6O3/c1-6(9)7(2,3)4-5-8;1-2(4)3(5)6/h8H,4-5H2,1-3H3;2,4H,1H3,(H,5,6)/q+1;/p-1. The van der Waals surface area contributed by atoms with Crippen molar-refractivity contribution in [1.29, 1.82) is 0 Å². The molecule has 1 unspecified atom stereocenters. The zero-order valence-electron chi connectivity index (χ0n) is 9.56. The quantitative estimate of drug-likeness (QED) is 0.523. The van der Waals surface area contributed by atoms with E-state index < -0.39 is 12.1 Å². The fraction of sp³-hybridized carbons (Fsp3) is 0.778. The van der Waals surface area contributed by atoms with Gasteiger partial charge in [-0.15, -0.1) is 0 Å². The van der Waals surface area contributed by atoms with Gasteiger partial charge in [0.05, 0.1) is 39.7 Å². The average molecular weight is 221 g/mol. The number of quaternary nitrogens is 1. The molecule has 2 N–H and O–H groups in total. The first-order chi connectivity index (χ1) is 6.65. The van der Waals surface area contributed by atoms with E-state index in [9.17, 15) is 14.7 Å². The third-order valence-corrected chi connectivity index (χ3v) is 1.85. The third kappa shape index (κ3) is 9.33. The van der Waals surface area contributed by atoms with Gasteiger partial charge in [0, 0.05) is 0 Å². The molecule has 0 spiro atoms. The largest absolute Gasteiger partial charge is 0.547 e. The Morgan fingerprint density at radius 2 is 1.73 bits per heavy atom. The van der Waals surface area contributed by atoms with Crippen LogP contribution in [0.2, 0.25) is 0 Å². The lowest BCUT2D eigenvalue weighted by atomic mass is 10.4. The molecule has 0 saturated heterocycles. The summed E-state index contributed by atoms with van der Waals surface area (Å²) in [5.74, 6) is -1.36. The normalized spacial score (nSPS) is 12.4. The van der Waals surface area contributed by atoms with Gasteiger partial charge in [0.2, 0.25) is 0 Å². The second-order valence-electron chi connectivity index (χ2n) is 3.65. The van der Waals surface area contributed by atoms with Crippen molar-refractivity contribution < 1.29 is 29.4 Å². The van der Waals surface area contributed by atoms with Crippen molar-refractivity contribution in [1.82, 2.24) is 0 Å². The number of hydrogen-bond acceptors (Lipinski definition) is 5. The number of carboxylic acids is 1. The molecule has 1 atom stereocenters. The van der Waals surface area contributed by atoms with Crippen molar-refractivity contribution in [2.75, 3.05) is 27.2 Å². The third-order valence-electron chi connectivity index (χ3n) is 1.85. The molecule has 0 heterocycles. The van der Waals surface area contributed by atoms with Crippen LogP contribution >= 0.6 is 0 Å². The molecule has 0 saturated carbocycles. The summed E-state index contributed by atoms with van der Waals surface area (Å²) in [6.45, 7) is 3.22. The molecule has 15 heavy (non-hydrogen) atoms. The maximum absolute atomic E-state index is 10.7. The van der Waals surface area contributed by atoms with Crippen LogP contribution < -0.4 is 5.11 Å². The van der Waals surface area contributed by atoms with Gasteiger partial charge in [-0.2, -0.15) is 0 Å². The van der Waals surface area contributed by atoms with Crippen LogP contribution in [0.5, 0.6) is 0 Å². The Labute approximate surface area is 89.3 Å². The van der Waals surface area contributed by atoms with Gasteiger partial charge in [0.15, 0.2) is 0 Å². The van der Waals surface area contributed by atoms with Crippen LogP contribution in [0.4, 0.5) is 0 Å². The fourth-order valence-corrected chi connectivity index (χ4v) is 0.407. The number of carbonyl (C=O) groups is 2. The van der Waals surface area contributed by atoms with Crippen LogP contribution in [0.15, 0.2) is 0 Å². The summed E-state index contributed by atoms with van der Waals surface area (Å²) in [6, 6.07) is 0. The number of hydrogen-bond donors (Lipinski definition) is 2. The SMILES string of the molecule is CC(=O)[N+](C)(C)CCO.CC(O)C(=O)[O-]. The molecule has 0 aromatic carbocycles. The van der Waals surface area contributed by atoms with E-state index in [-0.39, 0.29) is 17.0 Å². The summed E-state index contributed by atoms with van der Waals surface area (Å²) in [4.78, 5) is 20.1. The zero-order valence-corrected chi connectivity index (χ0v) is 9.56. The molecule has 0 aliphatic heterocycles. The molecule has 0 bridgehead atoms. The van der Waals surface area contributed by atoms with Gasteiger partial charge in [0.25, 0.3) is 0 Å². The van der Waals surface area contributed by atoms with Crippen LogP contribution in [0.25, 0.3) is 0 Å². The summed E-state index contributed by atoms with van der Waals surface area (Å²) in [5.41, 5.74) is 0. The summed E-state index contributed by atoms with van der Waals surface area (Å²) in [5, 5.41) is 25.8. The molecular formula is C9H19NO5. The number of carbonyl (C=O) groups excluding carboxylic acids is 2. The second kappa shape index (κ2) is 7.33. The topological polar surface area (TPSA) is 97.7 Å². The Balaban J connectivity index is 0. The van der Waals surface area contributed by atoms with Crippen molar-refractivity contribution in [3.8, 4) is 0 Å². The number of likely N-dealkylation sites (N-methyl/N-ethyl adjacent to an activating group) is 1. The minimum atomic E-state index is -1.44. The summed E-state index contributed by atoms with van der Waals surface area (Å²) < 4.78 is 0.260. The summed E-state index contributed by atoms with van der Waals surface area (Å²) in [6.07, 6.45) is -1.34. The van der Waals surface area contributed by atoms with Crippen LogP contribution in [0.1, 0.15) is 13.8 Å². The van der Waals surface area contributed by atoms with E-state index in [4.69, 9.17) is 10.2 Å². The zero-order chi connectivity index (χ0) is 12.6. The molecule has 0 aliphatic carbocycles. The lowest BCUT2D eigenvalue weighted by Crippen LogP contribution is -2.45. The first-order valence-electron chi connectivity index (χ1n) is 4.49. The van der Waals surface area contributed by atoms with Gasteiger partial charge in [0.1, 0.15) is 6.54 Å². The van der Waals surface area contributed by atoms with Crippen molar-refractivity contribution in [3.05, 3.63) is 0 Å². The van der Waals surface area contributed by atoms with E-state index in [0.29, 0.717) is 6.54 Å². The number of aliphatic hydroxyl groups excluding tert-OH is 2. The molecule has 0 aromatic rings. The summed E-state index contributed by atoms with van der Waals surface area (Å²) >= 11 is 0. The first-order valence-corrected chi connectivity index (χ1v) is 4.49. The lowest BCUT2D eigenvalue weighted by Gasteiger charge is -2.23. The van der Waals surface area contributed by atoms with E-state index in [1.54, 1.807) is 14.1 Å². The lowest BCUT2D eigenvalue weighted by molar-refractivity contribution is -0.813. The smallest absolute Gasteiger partial charge is 0.310 e. The molecule has 0 fully saturated rings. The number of nitrogens with zero attached hydrogens (tertiary/aromatic N) is 1. The van der Waals surface area contributed by atoms with E-state index in [1.165, 1.54) is 6.92 Å². The Morgan fingerprint density at radius 3 is 1.80 bits per heavy atom. The van der Waals surface area contributed by atoms with Crippen LogP contribution in [0.3, 0.4) is 0 Å². The fourth-order valence-electron chi connectivity index (χ4n) is 0.407. The van der Waals surface area contributed by atoms with E-state index in [0.717, 1.165) is 6.92 Å². The minimum absolute atomic E-state index is 0.0621. The maximum atomic E-state index is 10.7. The Bertz CT molecular complexity index is 213. The van der Waals surface area contributed by atoms with Gasteiger partial charge in [-0.25, -0.2) is 4.79 Å². The van der Waals surface area contributed by atoms with Crippen molar-refractivity contribution in [3.63, 3.8) is 0 Å². The highest BCUT2D eigenvalue weighted by Gasteiger charge is 2.19. The molecule has 6 heteroatoms. The van der Waals surface area contributed by atoms with Crippen LogP contribution in [-0.2, 0) is 9.59 Å². The molecule has 0 aromatic heterocycles. The number of aliphatic hydroxyl groups is 2. The predicted octanol–water partition coefficient (Wildman–Crippen LogP) is -2.28. The van der Waals surface area contributed by atoms with Gasteiger partial charge in [-0.1, -0.05) is 0 Å². The number of carboxylic acid groups (broad SMARTS) is 1. The van der Waals surface area contributed by atoms with Gasteiger partial charge in [-0.3, -0.25) is 4.48 Å². The minimum Gasteiger partial charge on any atom is -0.547 e. The van der Waals surface area contributed by atoms with Crippen molar-refractivity contribution in [2.45, 2.75) is 20.0 Å². The van der Waals surface area contributed by atoms with Crippen molar-refractivity contribution in [2.24, 2.45) is 0 Å². The monoisotopic (exact) mass is 221 g/mol. The van der Waals surface area contributed by atoms with Gasteiger partial charge in [-0.05, 0) is 6.92 Å². The molecule has 1 amide bonds. The van der Waals surface area contributed by atoms with E-state index >= 15 is 0 Å². The molecule has 0 aliphatic rings. The highest BCUT2D eigenvalue weighted by atomic mass is 16.4. The first kappa shape index (κ1) is 16.4. The van der Waals surface area contributed by atoms with E-state index in [2.05, 4.69) is 0 Å². The van der Waals surface area contributed by atoms with Crippen LogP contribution in [-0.4, -0.2) is 59.9 Å². The number of amides is 1.